The summed E-state index contributed by atoms with van der Waals surface area (Å²) in [6.45, 7) is 5.69. The van der Waals surface area contributed by atoms with Crippen molar-refractivity contribution in [2.24, 2.45) is 11.3 Å². The summed E-state index contributed by atoms with van der Waals surface area (Å²) in [5.74, 6) is 0.560. The molecule has 2 rings (SSSR count). The number of hydrogen-bond donors (Lipinski definition) is 2. The van der Waals surface area contributed by atoms with Crippen LogP contribution in [0, 0.1) is 11.3 Å². The van der Waals surface area contributed by atoms with Crippen LogP contribution in [-0.4, -0.2) is 23.9 Å². The molecule has 0 radical (unpaired) electrons. The van der Waals surface area contributed by atoms with E-state index in [9.17, 15) is 4.79 Å². The van der Waals surface area contributed by atoms with E-state index < -0.39 is 0 Å². The van der Waals surface area contributed by atoms with E-state index in [1.807, 2.05) is 0 Å². The van der Waals surface area contributed by atoms with E-state index in [4.69, 9.17) is 17.3 Å². The number of carbonyl (C=O) groups is 1. The van der Waals surface area contributed by atoms with Crippen LogP contribution in [0.3, 0.4) is 0 Å². The molecule has 1 aliphatic heterocycles. The van der Waals surface area contributed by atoms with Gasteiger partial charge in [0.05, 0.1) is 10.6 Å². The molecule has 5 heteroatoms. The lowest BCUT2D eigenvalue weighted by molar-refractivity contribution is 0.0740. The number of ketones is 1. The van der Waals surface area contributed by atoms with Crippen molar-refractivity contribution < 1.29 is 4.79 Å². The van der Waals surface area contributed by atoms with Crippen LogP contribution in [0.15, 0.2) is 12.3 Å². The molecule has 0 bridgehead atoms. The van der Waals surface area contributed by atoms with Crippen LogP contribution in [-0.2, 0) is 0 Å². The Morgan fingerprint density at radius 1 is 1.61 bits per heavy atom. The molecule has 1 unspecified atom stereocenters. The van der Waals surface area contributed by atoms with E-state index >= 15 is 0 Å². The maximum Gasteiger partial charge on any atom is 0.174 e. The molecule has 0 aromatic carbocycles. The molecule has 0 amide bonds. The molecule has 3 N–H and O–H groups in total. The number of nitrogens with zero attached hydrogens (tertiary/aromatic N) is 1. The molecule has 2 heterocycles. The third-order valence-corrected chi connectivity index (χ3v) is 4.08. The number of carbonyl (C=O) groups excluding carboxylic acids is 1. The number of anilines is 1. The van der Waals surface area contributed by atoms with Gasteiger partial charge in [-0.3, -0.25) is 4.79 Å². The van der Waals surface area contributed by atoms with Crippen molar-refractivity contribution in [3.8, 4) is 0 Å². The van der Waals surface area contributed by atoms with Gasteiger partial charge in [0, 0.05) is 18.2 Å². The van der Waals surface area contributed by atoms with Crippen LogP contribution in [0.5, 0.6) is 0 Å². The van der Waals surface area contributed by atoms with Crippen LogP contribution >= 0.6 is 11.6 Å². The van der Waals surface area contributed by atoms with Gasteiger partial charge in [-0.05, 0) is 24.9 Å². The van der Waals surface area contributed by atoms with E-state index in [0.717, 1.165) is 13.0 Å². The van der Waals surface area contributed by atoms with E-state index in [-0.39, 0.29) is 22.9 Å². The van der Waals surface area contributed by atoms with Gasteiger partial charge in [0.2, 0.25) is 0 Å². The summed E-state index contributed by atoms with van der Waals surface area (Å²) in [7, 11) is 0. The number of nitrogens with two attached hydrogens (primary N) is 1. The van der Waals surface area contributed by atoms with Crippen molar-refractivity contribution in [1.82, 2.24) is 10.3 Å². The monoisotopic (exact) mass is 267 g/mol. The Balaban J connectivity index is 2.43. The van der Waals surface area contributed by atoms with Gasteiger partial charge in [-0.25, -0.2) is 4.98 Å². The molecule has 98 valence electrons. The topological polar surface area (TPSA) is 68.0 Å². The average molecular weight is 268 g/mol. The summed E-state index contributed by atoms with van der Waals surface area (Å²) in [4.78, 5) is 16.7. The Hall–Kier alpha value is -1.13. The Morgan fingerprint density at radius 2 is 2.33 bits per heavy atom. The van der Waals surface area contributed by atoms with Gasteiger partial charge in [-0.15, -0.1) is 0 Å². The SMILES string of the molecule is CC(C)C1(C(=O)c2cc(Cl)cnc2N)CCNC1. The molecule has 0 aliphatic carbocycles. The Kier molecular flexibility index (Phi) is 3.59. The van der Waals surface area contributed by atoms with Crippen molar-refractivity contribution in [2.75, 3.05) is 18.8 Å². The molecule has 18 heavy (non-hydrogen) atoms. The summed E-state index contributed by atoms with van der Waals surface area (Å²) in [5, 5.41) is 3.71. The van der Waals surface area contributed by atoms with Crippen LogP contribution in [0.1, 0.15) is 30.6 Å². The van der Waals surface area contributed by atoms with Gasteiger partial charge in [0.15, 0.2) is 5.78 Å². The number of rotatable bonds is 3. The summed E-state index contributed by atoms with van der Waals surface area (Å²) in [6.07, 6.45) is 2.29. The van der Waals surface area contributed by atoms with Crippen LogP contribution < -0.4 is 11.1 Å². The van der Waals surface area contributed by atoms with Gasteiger partial charge in [0.25, 0.3) is 0 Å². The second-order valence-corrected chi connectivity index (χ2v) is 5.59. The minimum Gasteiger partial charge on any atom is -0.383 e. The molecule has 1 fully saturated rings. The molecular weight excluding hydrogens is 250 g/mol. The normalized spacial score (nSPS) is 23.6. The smallest absolute Gasteiger partial charge is 0.174 e. The Morgan fingerprint density at radius 3 is 2.89 bits per heavy atom. The molecule has 1 saturated heterocycles. The number of hydrogen-bond acceptors (Lipinski definition) is 4. The summed E-state index contributed by atoms with van der Waals surface area (Å²) in [6, 6.07) is 1.62. The first-order valence-electron chi connectivity index (χ1n) is 6.14. The third kappa shape index (κ3) is 2.10. The van der Waals surface area contributed by atoms with E-state index in [1.165, 1.54) is 6.20 Å². The van der Waals surface area contributed by atoms with Gasteiger partial charge in [-0.1, -0.05) is 25.4 Å². The maximum absolute atomic E-state index is 12.8. The third-order valence-electron chi connectivity index (χ3n) is 3.88. The summed E-state index contributed by atoms with van der Waals surface area (Å²) in [5.41, 5.74) is 5.86. The standard InChI is InChI=1S/C13H18ClN3O/c1-8(2)13(3-4-16-7-13)11(18)10-5-9(14)6-17-12(10)15/h5-6,8,16H,3-4,7H2,1-2H3,(H2,15,17). The molecule has 0 saturated carbocycles. The number of aromatic nitrogens is 1. The lowest BCUT2D eigenvalue weighted by Crippen LogP contribution is -2.39. The van der Waals surface area contributed by atoms with Crippen molar-refractivity contribution in [3.63, 3.8) is 0 Å². The fourth-order valence-electron chi connectivity index (χ4n) is 2.56. The van der Waals surface area contributed by atoms with Crippen molar-refractivity contribution >= 4 is 23.2 Å². The zero-order valence-electron chi connectivity index (χ0n) is 10.7. The molecule has 1 atom stereocenters. The molecule has 4 nitrogen and oxygen atoms in total. The van der Waals surface area contributed by atoms with Crippen molar-refractivity contribution in [2.45, 2.75) is 20.3 Å². The highest BCUT2D eigenvalue weighted by Crippen LogP contribution is 2.38. The lowest BCUT2D eigenvalue weighted by atomic mass is 9.71. The first-order chi connectivity index (χ1) is 8.47. The van der Waals surface area contributed by atoms with Gasteiger partial charge in [0.1, 0.15) is 5.82 Å². The van der Waals surface area contributed by atoms with Gasteiger partial charge < -0.3 is 11.1 Å². The molecule has 1 aliphatic rings. The predicted molar refractivity (Wildman–Crippen MR) is 72.7 cm³/mol. The fourth-order valence-corrected chi connectivity index (χ4v) is 2.72. The predicted octanol–water partition coefficient (Wildman–Crippen LogP) is 2.14. The number of pyridine rings is 1. The minimum atomic E-state index is -0.388. The van der Waals surface area contributed by atoms with Crippen molar-refractivity contribution in [3.05, 3.63) is 22.8 Å². The molecule has 0 spiro atoms. The first-order valence-corrected chi connectivity index (χ1v) is 6.52. The fraction of sp³-hybridized carbons (Fsp3) is 0.538. The van der Waals surface area contributed by atoms with E-state index in [1.54, 1.807) is 6.07 Å². The van der Waals surface area contributed by atoms with Gasteiger partial charge in [-0.2, -0.15) is 0 Å². The number of nitrogens with one attached hydrogen (secondary N) is 1. The zero-order chi connectivity index (χ0) is 13.3. The van der Waals surface area contributed by atoms with Crippen LogP contribution in [0.4, 0.5) is 5.82 Å². The zero-order valence-corrected chi connectivity index (χ0v) is 11.4. The quantitative estimate of drug-likeness (QED) is 0.824. The number of halogens is 1. The van der Waals surface area contributed by atoms with E-state index in [0.29, 0.717) is 17.1 Å². The Labute approximate surface area is 112 Å². The minimum absolute atomic E-state index is 0.0509. The second kappa shape index (κ2) is 4.86. The number of nitrogen functional groups attached to an aromatic ring is 1. The maximum atomic E-state index is 12.8. The highest BCUT2D eigenvalue weighted by Gasteiger charge is 2.44. The van der Waals surface area contributed by atoms with Gasteiger partial charge >= 0.3 is 0 Å². The Bertz CT molecular complexity index is 467. The highest BCUT2D eigenvalue weighted by atomic mass is 35.5. The first kappa shape index (κ1) is 13.3. The molecule has 1 aromatic rings. The van der Waals surface area contributed by atoms with Crippen LogP contribution in [0.2, 0.25) is 5.02 Å². The lowest BCUT2D eigenvalue weighted by Gasteiger charge is -2.31. The summed E-state index contributed by atoms with van der Waals surface area (Å²) < 4.78 is 0. The molecule has 1 aromatic heterocycles. The highest BCUT2D eigenvalue weighted by molar-refractivity contribution is 6.31. The number of Topliss-reactive ketones (excluding diaryl/α,β-unsaturated/α-hetero) is 1. The van der Waals surface area contributed by atoms with E-state index in [2.05, 4.69) is 24.1 Å². The largest absolute Gasteiger partial charge is 0.383 e. The van der Waals surface area contributed by atoms with Crippen LogP contribution in [0.25, 0.3) is 0 Å². The second-order valence-electron chi connectivity index (χ2n) is 5.15. The van der Waals surface area contributed by atoms with Crippen molar-refractivity contribution in [1.29, 1.82) is 0 Å². The average Bonchev–Trinajstić information content (AvgIpc) is 2.82. The molecular formula is C13H18ClN3O. The summed E-state index contributed by atoms with van der Waals surface area (Å²) >= 11 is 5.91.